The average Bonchev–Trinajstić information content (AvgIpc) is 2.37. The molecular weight excluding hydrogens is 262 g/mol. The fourth-order valence-corrected chi connectivity index (χ4v) is 3.68. The highest BCUT2D eigenvalue weighted by molar-refractivity contribution is 7.99. The summed E-state index contributed by atoms with van der Waals surface area (Å²) in [5, 5.41) is 4.09. The second-order valence-corrected chi connectivity index (χ2v) is 6.43. The lowest BCUT2D eigenvalue weighted by Crippen LogP contribution is -2.23. The maximum atomic E-state index is 5.77. The third-order valence-electron chi connectivity index (χ3n) is 3.18. The number of anilines is 1. The Morgan fingerprint density at radius 1 is 1.61 bits per heavy atom. The van der Waals surface area contributed by atoms with E-state index in [9.17, 15) is 0 Å². The van der Waals surface area contributed by atoms with Crippen LogP contribution in [0.1, 0.15) is 30.4 Å². The Hall–Kier alpha value is -0.810. The summed E-state index contributed by atoms with van der Waals surface area (Å²) >= 11 is 7.15. The number of hydrogen-bond acceptors (Lipinski definition) is 4. The third-order valence-corrected chi connectivity index (χ3v) is 4.78. The molecule has 3 N–H and O–H groups in total. The van der Waals surface area contributed by atoms with Crippen molar-refractivity contribution in [1.82, 2.24) is 4.98 Å². The topological polar surface area (TPSA) is 50.9 Å². The summed E-state index contributed by atoms with van der Waals surface area (Å²) in [5.41, 5.74) is 7.73. The van der Waals surface area contributed by atoms with E-state index in [2.05, 4.69) is 10.3 Å². The zero-order valence-electron chi connectivity index (χ0n) is 10.6. The van der Waals surface area contributed by atoms with E-state index < -0.39 is 0 Å². The zero-order valence-corrected chi connectivity index (χ0v) is 12.2. The molecule has 2 rings (SSSR count). The van der Waals surface area contributed by atoms with E-state index in [0.29, 0.717) is 10.2 Å². The van der Waals surface area contributed by atoms with Crippen molar-refractivity contribution in [3.63, 3.8) is 0 Å². The van der Waals surface area contributed by atoms with Crippen LogP contribution < -0.4 is 11.1 Å². The Bertz CT molecular complexity index is 428. The fraction of sp³-hybridized carbons (Fsp3) is 0.538. The van der Waals surface area contributed by atoms with Gasteiger partial charge in [-0.3, -0.25) is 0 Å². The van der Waals surface area contributed by atoms with Crippen LogP contribution in [-0.2, 0) is 0 Å². The first-order valence-electron chi connectivity index (χ1n) is 6.29. The molecule has 5 heteroatoms. The molecule has 1 aliphatic rings. The van der Waals surface area contributed by atoms with Gasteiger partial charge < -0.3 is 11.1 Å². The summed E-state index contributed by atoms with van der Waals surface area (Å²) in [6.07, 6.45) is 5.77. The van der Waals surface area contributed by atoms with Gasteiger partial charge >= 0.3 is 0 Å². The molecule has 1 aliphatic heterocycles. The van der Waals surface area contributed by atoms with Gasteiger partial charge in [-0.2, -0.15) is 11.8 Å². The van der Waals surface area contributed by atoms with Crippen LogP contribution in [0.3, 0.4) is 0 Å². The molecule has 0 saturated carbocycles. The molecular formula is C13H19N3S2. The zero-order chi connectivity index (χ0) is 13.0. The molecule has 1 aromatic heterocycles. The van der Waals surface area contributed by atoms with E-state index in [-0.39, 0.29) is 0 Å². The van der Waals surface area contributed by atoms with E-state index in [4.69, 9.17) is 18.0 Å². The van der Waals surface area contributed by atoms with Crippen molar-refractivity contribution in [2.24, 2.45) is 5.73 Å². The summed E-state index contributed by atoms with van der Waals surface area (Å²) in [4.78, 5) is 4.77. The highest BCUT2D eigenvalue weighted by atomic mass is 32.2. The minimum Gasteiger partial charge on any atom is -0.389 e. The standard InChI is InChI=1S/C13H19N3S2/c1-9-5-6-15-13(11(9)12(14)17)16-8-10-4-2-3-7-18-10/h5-6,10H,2-4,7-8H2,1H3,(H2,14,17)(H,15,16). The highest BCUT2D eigenvalue weighted by Gasteiger charge is 2.15. The summed E-state index contributed by atoms with van der Waals surface area (Å²) in [5.74, 6) is 2.10. The van der Waals surface area contributed by atoms with Crippen LogP contribution in [0.5, 0.6) is 0 Å². The smallest absolute Gasteiger partial charge is 0.136 e. The largest absolute Gasteiger partial charge is 0.389 e. The van der Waals surface area contributed by atoms with Gasteiger partial charge in [0.05, 0.1) is 5.56 Å². The van der Waals surface area contributed by atoms with Crippen molar-refractivity contribution in [1.29, 1.82) is 0 Å². The monoisotopic (exact) mass is 281 g/mol. The van der Waals surface area contributed by atoms with Crippen molar-refractivity contribution in [2.75, 3.05) is 17.6 Å². The first-order chi connectivity index (χ1) is 8.68. The second kappa shape index (κ2) is 6.38. The predicted octanol–water partition coefficient (Wildman–Crippen LogP) is 2.72. The molecule has 0 radical (unpaired) electrons. The van der Waals surface area contributed by atoms with Gasteiger partial charge in [0, 0.05) is 18.0 Å². The number of nitrogens with one attached hydrogen (secondary N) is 1. The first-order valence-corrected chi connectivity index (χ1v) is 7.75. The third kappa shape index (κ3) is 3.36. The van der Waals surface area contributed by atoms with E-state index in [0.717, 1.165) is 23.5 Å². The number of aryl methyl sites for hydroxylation is 1. The molecule has 3 nitrogen and oxygen atoms in total. The van der Waals surface area contributed by atoms with Gasteiger partial charge in [0.25, 0.3) is 0 Å². The molecule has 1 aromatic rings. The summed E-state index contributed by atoms with van der Waals surface area (Å²) in [7, 11) is 0. The predicted molar refractivity (Wildman–Crippen MR) is 83.4 cm³/mol. The molecule has 98 valence electrons. The summed E-state index contributed by atoms with van der Waals surface area (Å²) < 4.78 is 0. The minimum absolute atomic E-state index is 0.416. The normalized spacial score (nSPS) is 19.5. The average molecular weight is 281 g/mol. The Labute approximate surface area is 118 Å². The van der Waals surface area contributed by atoms with Crippen LogP contribution in [0.15, 0.2) is 12.3 Å². The Balaban J connectivity index is 2.04. The fourth-order valence-electron chi connectivity index (χ4n) is 2.18. The van der Waals surface area contributed by atoms with Crippen LogP contribution in [0.2, 0.25) is 0 Å². The molecule has 18 heavy (non-hydrogen) atoms. The number of pyridine rings is 1. The van der Waals surface area contributed by atoms with Crippen LogP contribution in [0, 0.1) is 6.92 Å². The number of nitrogens with two attached hydrogens (primary N) is 1. The number of thiocarbonyl (C=S) groups is 1. The van der Waals surface area contributed by atoms with Gasteiger partial charge in [0.1, 0.15) is 10.8 Å². The van der Waals surface area contributed by atoms with E-state index >= 15 is 0 Å². The maximum absolute atomic E-state index is 5.77. The molecule has 0 aromatic carbocycles. The quantitative estimate of drug-likeness (QED) is 0.831. The molecule has 1 unspecified atom stereocenters. The maximum Gasteiger partial charge on any atom is 0.136 e. The van der Waals surface area contributed by atoms with Gasteiger partial charge in [-0.25, -0.2) is 4.98 Å². The lowest BCUT2D eigenvalue weighted by atomic mass is 10.1. The number of hydrogen-bond donors (Lipinski definition) is 2. The van der Waals surface area contributed by atoms with E-state index in [1.54, 1.807) is 6.20 Å². The van der Waals surface area contributed by atoms with Crippen molar-refractivity contribution in [3.05, 3.63) is 23.4 Å². The van der Waals surface area contributed by atoms with Gasteiger partial charge in [-0.1, -0.05) is 18.6 Å². The van der Waals surface area contributed by atoms with Crippen molar-refractivity contribution in [3.8, 4) is 0 Å². The van der Waals surface area contributed by atoms with Crippen LogP contribution in [0.4, 0.5) is 5.82 Å². The molecule has 1 fully saturated rings. The SMILES string of the molecule is Cc1ccnc(NCC2CCCCS2)c1C(N)=S. The number of thioether (sulfide) groups is 1. The minimum atomic E-state index is 0.416. The van der Waals surface area contributed by atoms with E-state index in [1.165, 1.54) is 25.0 Å². The second-order valence-electron chi connectivity index (χ2n) is 4.59. The molecule has 1 saturated heterocycles. The molecule has 0 spiro atoms. The number of aromatic nitrogens is 1. The van der Waals surface area contributed by atoms with Gasteiger partial charge in [-0.15, -0.1) is 0 Å². The van der Waals surface area contributed by atoms with E-state index in [1.807, 2.05) is 24.8 Å². The van der Waals surface area contributed by atoms with Gasteiger partial charge in [0.2, 0.25) is 0 Å². The Morgan fingerprint density at radius 3 is 3.11 bits per heavy atom. The Morgan fingerprint density at radius 2 is 2.44 bits per heavy atom. The van der Waals surface area contributed by atoms with Crippen molar-refractivity contribution < 1.29 is 0 Å². The molecule has 0 bridgehead atoms. The van der Waals surface area contributed by atoms with Crippen molar-refractivity contribution >= 4 is 34.8 Å². The summed E-state index contributed by atoms with van der Waals surface area (Å²) in [6.45, 7) is 2.95. The number of rotatable bonds is 4. The van der Waals surface area contributed by atoms with Gasteiger partial charge in [-0.05, 0) is 37.1 Å². The summed E-state index contributed by atoms with van der Waals surface area (Å²) in [6, 6.07) is 1.94. The van der Waals surface area contributed by atoms with Gasteiger partial charge in [0.15, 0.2) is 0 Å². The van der Waals surface area contributed by atoms with Crippen LogP contribution in [0.25, 0.3) is 0 Å². The Kier molecular flexibility index (Phi) is 4.83. The lowest BCUT2D eigenvalue weighted by molar-refractivity contribution is 0.677. The highest BCUT2D eigenvalue weighted by Crippen LogP contribution is 2.25. The first kappa shape index (κ1) is 13.6. The molecule has 1 atom stereocenters. The van der Waals surface area contributed by atoms with Crippen LogP contribution >= 0.6 is 24.0 Å². The molecule has 0 amide bonds. The molecule has 2 heterocycles. The van der Waals surface area contributed by atoms with Crippen molar-refractivity contribution in [2.45, 2.75) is 31.4 Å². The number of nitrogens with zero attached hydrogens (tertiary/aromatic N) is 1. The lowest BCUT2D eigenvalue weighted by Gasteiger charge is -2.22. The molecule has 0 aliphatic carbocycles. The van der Waals surface area contributed by atoms with Crippen LogP contribution in [-0.4, -0.2) is 27.5 Å².